The molecule has 0 saturated carbocycles. The Morgan fingerprint density at radius 3 is 2.77 bits per heavy atom. The van der Waals surface area contributed by atoms with E-state index in [4.69, 9.17) is 0 Å². The Labute approximate surface area is 77.3 Å². The Hall–Kier alpha value is -0.640. The molecule has 0 aliphatic carbocycles. The molecule has 2 aliphatic rings. The van der Waals surface area contributed by atoms with Crippen molar-refractivity contribution in [1.82, 2.24) is 10.2 Å². The van der Waals surface area contributed by atoms with E-state index in [9.17, 15) is 9.18 Å². The van der Waals surface area contributed by atoms with Crippen molar-refractivity contribution in [3.63, 3.8) is 0 Å². The van der Waals surface area contributed by atoms with E-state index in [1.54, 1.807) is 4.90 Å². The van der Waals surface area contributed by atoms with Crippen molar-refractivity contribution in [3.05, 3.63) is 0 Å². The molecular weight excluding hydrogens is 171 g/mol. The van der Waals surface area contributed by atoms with Crippen molar-refractivity contribution in [2.45, 2.75) is 19.0 Å². The van der Waals surface area contributed by atoms with Crippen LogP contribution in [-0.4, -0.2) is 43.2 Å². The second-order valence-electron chi connectivity index (χ2n) is 3.88. The molecule has 2 aliphatic heterocycles. The fourth-order valence-electron chi connectivity index (χ4n) is 1.85. The third-order valence-corrected chi connectivity index (χ3v) is 2.81. The van der Waals surface area contributed by atoms with Crippen LogP contribution in [0.15, 0.2) is 0 Å². The standard InChI is InChI=1S/C9H15FN2O/c10-8-2-1-3-12(6-8)9(13)7-4-11-5-7/h7-8,11H,1-6H2/t8-/m0/s1. The van der Waals surface area contributed by atoms with Crippen molar-refractivity contribution < 1.29 is 9.18 Å². The van der Waals surface area contributed by atoms with Gasteiger partial charge in [0, 0.05) is 19.6 Å². The van der Waals surface area contributed by atoms with Gasteiger partial charge in [0.25, 0.3) is 0 Å². The Balaban J connectivity index is 1.87. The number of piperidine rings is 1. The summed E-state index contributed by atoms with van der Waals surface area (Å²) in [6.07, 6.45) is 0.630. The van der Waals surface area contributed by atoms with E-state index in [-0.39, 0.29) is 11.8 Å². The van der Waals surface area contributed by atoms with Crippen LogP contribution < -0.4 is 5.32 Å². The predicted molar refractivity (Wildman–Crippen MR) is 47.1 cm³/mol. The lowest BCUT2D eigenvalue weighted by Crippen LogP contribution is -2.54. The highest BCUT2D eigenvalue weighted by Crippen LogP contribution is 2.16. The van der Waals surface area contributed by atoms with Gasteiger partial charge < -0.3 is 10.2 Å². The SMILES string of the molecule is O=C(C1CNC1)N1CCC[C@H](F)C1. The molecule has 0 radical (unpaired) electrons. The van der Waals surface area contributed by atoms with Crippen LogP contribution in [0.4, 0.5) is 4.39 Å². The van der Waals surface area contributed by atoms with Gasteiger partial charge >= 0.3 is 0 Å². The second-order valence-corrected chi connectivity index (χ2v) is 3.88. The van der Waals surface area contributed by atoms with Gasteiger partial charge in [0.2, 0.25) is 5.91 Å². The van der Waals surface area contributed by atoms with E-state index in [1.165, 1.54) is 0 Å². The summed E-state index contributed by atoms with van der Waals surface area (Å²) < 4.78 is 13.0. The van der Waals surface area contributed by atoms with Gasteiger partial charge in [0.15, 0.2) is 0 Å². The van der Waals surface area contributed by atoms with Crippen LogP contribution in [0.3, 0.4) is 0 Å². The molecule has 13 heavy (non-hydrogen) atoms. The molecule has 0 bridgehead atoms. The number of amides is 1. The van der Waals surface area contributed by atoms with Gasteiger partial charge in [-0.25, -0.2) is 4.39 Å². The van der Waals surface area contributed by atoms with E-state index in [2.05, 4.69) is 5.32 Å². The fourth-order valence-corrected chi connectivity index (χ4v) is 1.85. The van der Waals surface area contributed by atoms with Crippen molar-refractivity contribution >= 4 is 5.91 Å². The zero-order valence-corrected chi connectivity index (χ0v) is 7.63. The molecule has 1 amide bonds. The van der Waals surface area contributed by atoms with E-state index in [0.29, 0.717) is 13.0 Å². The first-order chi connectivity index (χ1) is 6.27. The molecule has 0 aromatic heterocycles. The van der Waals surface area contributed by atoms with Gasteiger partial charge in [-0.05, 0) is 12.8 Å². The third-order valence-electron chi connectivity index (χ3n) is 2.81. The summed E-state index contributed by atoms with van der Waals surface area (Å²) in [5.41, 5.74) is 0. The van der Waals surface area contributed by atoms with Gasteiger partial charge in [0.1, 0.15) is 6.17 Å². The van der Waals surface area contributed by atoms with Crippen molar-refractivity contribution in [1.29, 1.82) is 0 Å². The van der Waals surface area contributed by atoms with Crippen molar-refractivity contribution in [2.75, 3.05) is 26.2 Å². The zero-order chi connectivity index (χ0) is 9.26. The number of rotatable bonds is 1. The smallest absolute Gasteiger partial charge is 0.228 e. The maximum atomic E-state index is 13.0. The number of hydrogen-bond acceptors (Lipinski definition) is 2. The predicted octanol–water partition coefficient (Wildman–Crippen LogP) is 0.166. The summed E-state index contributed by atoms with van der Waals surface area (Å²) in [6.45, 7) is 2.60. The molecule has 2 fully saturated rings. The van der Waals surface area contributed by atoms with E-state index in [1.807, 2.05) is 0 Å². The zero-order valence-electron chi connectivity index (χ0n) is 7.63. The van der Waals surface area contributed by atoms with Crippen LogP contribution in [0.1, 0.15) is 12.8 Å². The van der Waals surface area contributed by atoms with Gasteiger partial charge in [-0.2, -0.15) is 0 Å². The van der Waals surface area contributed by atoms with Crippen LogP contribution in [0.2, 0.25) is 0 Å². The first-order valence-electron chi connectivity index (χ1n) is 4.91. The third kappa shape index (κ3) is 1.82. The number of carbonyl (C=O) groups is 1. The summed E-state index contributed by atoms with van der Waals surface area (Å²) in [5, 5.41) is 3.05. The minimum Gasteiger partial charge on any atom is -0.339 e. The maximum absolute atomic E-state index is 13.0. The normalized spacial score (nSPS) is 29.9. The lowest BCUT2D eigenvalue weighted by molar-refractivity contribution is -0.139. The minimum absolute atomic E-state index is 0.116. The average molecular weight is 186 g/mol. The highest BCUT2D eigenvalue weighted by Gasteiger charge is 2.31. The molecule has 0 aromatic rings. The van der Waals surface area contributed by atoms with Crippen LogP contribution in [0.5, 0.6) is 0 Å². The van der Waals surface area contributed by atoms with Crippen LogP contribution >= 0.6 is 0 Å². The summed E-state index contributed by atoms with van der Waals surface area (Å²) in [7, 11) is 0. The first kappa shape index (κ1) is 8.94. The largest absolute Gasteiger partial charge is 0.339 e. The van der Waals surface area contributed by atoms with Crippen LogP contribution in [0, 0.1) is 5.92 Å². The summed E-state index contributed by atoms with van der Waals surface area (Å²) in [6, 6.07) is 0. The molecule has 1 atom stereocenters. The Bertz CT molecular complexity index is 206. The highest BCUT2D eigenvalue weighted by atomic mass is 19.1. The molecule has 4 heteroatoms. The Kier molecular flexibility index (Phi) is 2.49. The van der Waals surface area contributed by atoms with Gasteiger partial charge in [-0.15, -0.1) is 0 Å². The van der Waals surface area contributed by atoms with E-state index >= 15 is 0 Å². The number of likely N-dealkylation sites (tertiary alicyclic amines) is 1. The van der Waals surface area contributed by atoms with E-state index in [0.717, 1.165) is 26.1 Å². The van der Waals surface area contributed by atoms with Gasteiger partial charge in [-0.3, -0.25) is 4.79 Å². The Morgan fingerprint density at radius 1 is 1.46 bits per heavy atom. The molecule has 3 nitrogen and oxygen atoms in total. The lowest BCUT2D eigenvalue weighted by atomic mass is 10.00. The number of nitrogens with zero attached hydrogens (tertiary/aromatic N) is 1. The molecule has 74 valence electrons. The number of nitrogens with one attached hydrogen (secondary N) is 1. The van der Waals surface area contributed by atoms with E-state index < -0.39 is 6.17 Å². The monoisotopic (exact) mass is 186 g/mol. The second kappa shape index (κ2) is 3.62. The topological polar surface area (TPSA) is 32.3 Å². The molecule has 0 unspecified atom stereocenters. The molecule has 2 heterocycles. The quantitative estimate of drug-likeness (QED) is 0.633. The van der Waals surface area contributed by atoms with Gasteiger partial charge in [-0.1, -0.05) is 0 Å². The van der Waals surface area contributed by atoms with Crippen LogP contribution in [-0.2, 0) is 4.79 Å². The number of carbonyl (C=O) groups excluding carboxylic acids is 1. The fraction of sp³-hybridized carbons (Fsp3) is 0.889. The summed E-state index contributed by atoms with van der Waals surface area (Å²) in [4.78, 5) is 13.3. The first-order valence-corrected chi connectivity index (χ1v) is 4.91. The molecular formula is C9H15FN2O. The van der Waals surface area contributed by atoms with Crippen molar-refractivity contribution in [3.8, 4) is 0 Å². The molecule has 0 spiro atoms. The van der Waals surface area contributed by atoms with Crippen molar-refractivity contribution in [2.24, 2.45) is 5.92 Å². The molecule has 1 N–H and O–H groups in total. The summed E-state index contributed by atoms with van der Waals surface area (Å²) >= 11 is 0. The molecule has 2 rings (SSSR count). The number of hydrogen-bond donors (Lipinski definition) is 1. The Morgan fingerprint density at radius 2 is 2.23 bits per heavy atom. The summed E-state index contributed by atoms with van der Waals surface area (Å²) in [5.74, 6) is 0.256. The molecule has 2 saturated heterocycles. The minimum atomic E-state index is -0.800. The number of halogens is 1. The highest BCUT2D eigenvalue weighted by molar-refractivity contribution is 5.80. The lowest BCUT2D eigenvalue weighted by Gasteiger charge is -2.35. The maximum Gasteiger partial charge on any atom is 0.228 e. The van der Waals surface area contributed by atoms with Crippen LogP contribution in [0.25, 0.3) is 0 Å². The number of alkyl halides is 1. The average Bonchev–Trinajstić information content (AvgIpc) is 2.01. The van der Waals surface area contributed by atoms with Gasteiger partial charge in [0.05, 0.1) is 12.5 Å². The molecule has 0 aromatic carbocycles.